The first-order chi connectivity index (χ1) is 14.3. The molecule has 150 valence electrons. The third-order valence-electron chi connectivity index (χ3n) is 4.82. The van der Waals surface area contributed by atoms with E-state index < -0.39 is 11.7 Å². The number of hydrogen-bond donors (Lipinski definition) is 1. The van der Waals surface area contributed by atoms with Crippen LogP contribution in [0.5, 0.6) is 0 Å². The predicted molar refractivity (Wildman–Crippen MR) is 108 cm³/mol. The van der Waals surface area contributed by atoms with Crippen LogP contribution in [0.3, 0.4) is 0 Å². The number of fused-ring (bicyclic) bond motifs is 1. The van der Waals surface area contributed by atoms with E-state index in [1.165, 1.54) is 10.7 Å². The predicted octanol–water partition coefficient (Wildman–Crippen LogP) is 5.45. The number of nitrogens with one attached hydrogen (secondary N) is 1. The number of alkyl halides is 3. The largest absolute Gasteiger partial charge is 0.416 e. The second-order valence-corrected chi connectivity index (χ2v) is 6.82. The third kappa shape index (κ3) is 3.46. The molecule has 2 aromatic carbocycles. The van der Waals surface area contributed by atoms with Crippen molar-refractivity contribution in [2.45, 2.75) is 20.0 Å². The quantitative estimate of drug-likeness (QED) is 0.459. The lowest BCUT2D eigenvalue weighted by Crippen LogP contribution is -2.07. The highest BCUT2D eigenvalue weighted by molar-refractivity contribution is 5.91. The fourth-order valence-electron chi connectivity index (χ4n) is 3.31. The molecule has 2 heterocycles. The van der Waals surface area contributed by atoms with Crippen molar-refractivity contribution in [2.24, 2.45) is 0 Å². The lowest BCUT2D eigenvalue weighted by Gasteiger charge is -2.10. The van der Waals surface area contributed by atoms with Gasteiger partial charge in [0.25, 0.3) is 0 Å². The molecule has 0 fully saturated rings. The summed E-state index contributed by atoms with van der Waals surface area (Å²) in [5.74, 6) is 0.421. The number of para-hydroxylation sites is 2. The lowest BCUT2D eigenvalue weighted by molar-refractivity contribution is -0.137. The molecule has 5 nitrogen and oxygen atoms in total. The molecule has 0 amide bonds. The molecule has 4 rings (SSSR count). The van der Waals surface area contributed by atoms with Gasteiger partial charge in [0.05, 0.1) is 33.6 Å². The van der Waals surface area contributed by atoms with E-state index in [2.05, 4.69) is 21.1 Å². The minimum Gasteiger partial charge on any atom is -0.337 e. The minimum absolute atomic E-state index is 0.298. The minimum atomic E-state index is -4.44. The van der Waals surface area contributed by atoms with Gasteiger partial charge in [-0.3, -0.25) is 0 Å². The molecule has 0 unspecified atom stereocenters. The Kier molecular flexibility index (Phi) is 4.66. The normalized spacial score (nSPS) is 12.3. The van der Waals surface area contributed by atoms with E-state index in [1.807, 2.05) is 24.3 Å². The number of allylic oxidation sites excluding steroid dienone is 1. The Bertz CT molecular complexity index is 1290. The van der Waals surface area contributed by atoms with Crippen LogP contribution in [0.1, 0.15) is 28.3 Å². The zero-order valence-corrected chi connectivity index (χ0v) is 16.1. The van der Waals surface area contributed by atoms with Crippen molar-refractivity contribution >= 4 is 22.7 Å². The number of nitriles is 1. The molecule has 0 aliphatic heterocycles. The van der Waals surface area contributed by atoms with Crippen LogP contribution in [0.2, 0.25) is 0 Å². The van der Waals surface area contributed by atoms with Crippen LogP contribution in [-0.2, 0) is 6.18 Å². The molecule has 0 bridgehead atoms. The standard InChI is InChI=1S/C22H16F3N5/c1-13-18(10-15(12-26)21-27-19-8-3-4-9-20(19)28-21)14(2)30(29-13)17-7-5-6-16(11-17)22(23,24)25/h3-11H,1-2H3,(H,27,28)/b15-10+. The number of nitrogens with zero attached hydrogens (tertiary/aromatic N) is 4. The topological polar surface area (TPSA) is 70.3 Å². The molecule has 0 atom stereocenters. The lowest BCUT2D eigenvalue weighted by atomic mass is 10.1. The summed E-state index contributed by atoms with van der Waals surface area (Å²) in [5.41, 5.74) is 3.27. The Balaban J connectivity index is 1.79. The van der Waals surface area contributed by atoms with E-state index >= 15 is 0 Å². The molecular weight excluding hydrogens is 391 g/mol. The SMILES string of the molecule is Cc1nn(-c2cccc(C(F)(F)F)c2)c(C)c1/C=C(\C#N)c1nc2ccccc2[nH]1. The first kappa shape index (κ1) is 19.5. The first-order valence-corrected chi connectivity index (χ1v) is 9.08. The van der Waals surface area contributed by atoms with Crippen molar-refractivity contribution in [1.29, 1.82) is 5.26 Å². The van der Waals surface area contributed by atoms with Crippen molar-refractivity contribution in [1.82, 2.24) is 19.7 Å². The molecule has 30 heavy (non-hydrogen) atoms. The fourth-order valence-corrected chi connectivity index (χ4v) is 3.31. The summed E-state index contributed by atoms with van der Waals surface area (Å²) in [6.07, 6.45) is -2.79. The second-order valence-electron chi connectivity index (χ2n) is 6.82. The molecular formula is C22H16F3N5. The second kappa shape index (κ2) is 7.19. The Morgan fingerprint density at radius 2 is 1.90 bits per heavy atom. The fraction of sp³-hybridized carbons (Fsp3) is 0.136. The molecule has 2 aromatic heterocycles. The summed E-state index contributed by atoms with van der Waals surface area (Å²) in [6.45, 7) is 3.50. The summed E-state index contributed by atoms with van der Waals surface area (Å²) < 4.78 is 40.7. The van der Waals surface area contributed by atoms with Gasteiger partial charge in [-0.2, -0.15) is 23.5 Å². The average molecular weight is 407 g/mol. The molecule has 0 radical (unpaired) electrons. The number of benzene rings is 2. The van der Waals surface area contributed by atoms with Gasteiger partial charge < -0.3 is 4.98 Å². The molecule has 0 saturated carbocycles. The maximum absolute atomic E-state index is 13.1. The monoisotopic (exact) mass is 407 g/mol. The maximum atomic E-state index is 13.1. The summed E-state index contributed by atoms with van der Waals surface area (Å²) in [7, 11) is 0. The number of rotatable bonds is 3. The smallest absolute Gasteiger partial charge is 0.337 e. The summed E-state index contributed by atoms with van der Waals surface area (Å²) in [5, 5.41) is 14.1. The van der Waals surface area contributed by atoms with Crippen molar-refractivity contribution < 1.29 is 13.2 Å². The van der Waals surface area contributed by atoms with Gasteiger partial charge in [0, 0.05) is 11.3 Å². The Morgan fingerprint density at radius 3 is 2.60 bits per heavy atom. The van der Waals surface area contributed by atoms with Crippen LogP contribution in [-0.4, -0.2) is 19.7 Å². The van der Waals surface area contributed by atoms with E-state index in [4.69, 9.17) is 0 Å². The van der Waals surface area contributed by atoms with Gasteiger partial charge in [0.1, 0.15) is 11.9 Å². The number of aryl methyl sites for hydroxylation is 1. The molecule has 0 saturated heterocycles. The van der Waals surface area contributed by atoms with Crippen LogP contribution in [0.25, 0.3) is 28.4 Å². The van der Waals surface area contributed by atoms with Crippen LogP contribution >= 0.6 is 0 Å². The van der Waals surface area contributed by atoms with E-state index in [1.54, 1.807) is 26.0 Å². The van der Waals surface area contributed by atoms with Gasteiger partial charge in [0.15, 0.2) is 0 Å². The molecule has 0 aliphatic rings. The number of imidazole rings is 1. The number of aromatic nitrogens is 4. The summed E-state index contributed by atoms with van der Waals surface area (Å²) >= 11 is 0. The zero-order chi connectivity index (χ0) is 21.5. The number of H-pyrrole nitrogens is 1. The van der Waals surface area contributed by atoms with Gasteiger partial charge in [-0.25, -0.2) is 9.67 Å². The highest BCUT2D eigenvalue weighted by atomic mass is 19.4. The van der Waals surface area contributed by atoms with Crippen molar-refractivity contribution in [2.75, 3.05) is 0 Å². The van der Waals surface area contributed by atoms with Crippen LogP contribution in [0, 0.1) is 25.2 Å². The van der Waals surface area contributed by atoms with Gasteiger partial charge in [-0.15, -0.1) is 0 Å². The Labute approximate surface area is 170 Å². The molecule has 0 aliphatic carbocycles. The molecule has 0 spiro atoms. The van der Waals surface area contributed by atoms with E-state index in [9.17, 15) is 18.4 Å². The zero-order valence-electron chi connectivity index (χ0n) is 16.1. The number of halogens is 3. The summed E-state index contributed by atoms with van der Waals surface area (Å²) in [4.78, 5) is 7.56. The molecule has 4 aromatic rings. The Hall–Kier alpha value is -3.86. The van der Waals surface area contributed by atoms with Crippen molar-refractivity contribution in [3.8, 4) is 11.8 Å². The van der Waals surface area contributed by atoms with Crippen LogP contribution in [0.4, 0.5) is 13.2 Å². The van der Waals surface area contributed by atoms with E-state index in [0.717, 1.165) is 23.2 Å². The van der Waals surface area contributed by atoms with Crippen LogP contribution in [0.15, 0.2) is 48.5 Å². The third-order valence-corrected chi connectivity index (χ3v) is 4.82. The van der Waals surface area contributed by atoms with Gasteiger partial charge >= 0.3 is 6.18 Å². The highest BCUT2D eigenvalue weighted by Crippen LogP contribution is 2.31. The van der Waals surface area contributed by atoms with Gasteiger partial charge in [-0.1, -0.05) is 18.2 Å². The van der Waals surface area contributed by atoms with E-state index in [0.29, 0.717) is 34.0 Å². The van der Waals surface area contributed by atoms with Gasteiger partial charge in [-0.05, 0) is 50.3 Å². The van der Waals surface area contributed by atoms with Crippen molar-refractivity contribution in [3.05, 3.63) is 76.9 Å². The molecule has 8 heteroatoms. The first-order valence-electron chi connectivity index (χ1n) is 9.08. The Morgan fingerprint density at radius 1 is 1.13 bits per heavy atom. The number of aromatic amines is 1. The highest BCUT2D eigenvalue weighted by Gasteiger charge is 2.30. The summed E-state index contributed by atoms with van der Waals surface area (Å²) in [6, 6.07) is 14.6. The molecule has 1 N–H and O–H groups in total. The van der Waals surface area contributed by atoms with Crippen LogP contribution < -0.4 is 0 Å². The number of hydrogen-bond acceptors (Lipinski definition) is 3. The average Bonchev–Trinajstić information content (AvgIpc) is 3.27. The van der Waals surface area contributed by atoms with Gasteiger partial charge in [0.2, 0.25) is 0 Å². The maximum Gasteiger partial charge on any atom is 0.416 e. The van der Waals surface area contributed by atoms with E-state index in [-0.39, 0.29) is 0 Å². The van der Waals surface area contributed by atoms with Crippen molar-refractivity contribution in [3.63, 3.8) is 0 Å².